The van der Waals surface area contributed by atoms with Gasteiger partial charge in [-0.05, 0) is 30.9 Å². The molecule has 0 amide bonds. The number of anilines is 2. The van der Waals surface area contributed by atoms with E-state index in [2.05, 4.69) is 17.9 Å². The highest BCUT2D eigenvalue weighted by atomic mass is 32.1. The smallest absolute Gasteiger partial charge is 0.348 e. The van der Waals surface area contributed by atoms with Crippen LogP contribution in [0.5, 0.6) is 0 Å². The summed E-state index contributed by atoms with van der Waals surface area (Å²) in [5.74, 6) is -0.0792. The molecule has 1 saturated heterocycles. The summed E-state index contributed by atoms with van der Waals surface area (Å²) in [5, 5.41) is 10.1. The lowest BCUT2D eigenvalue weighted by Gasteiger charge is -2.31. The first-order chi connectivity index (χ1) is 11.0. The van der Waals surface area contributed by atoms with E-state index in [1.54, 1.807) is 0 Å². The Bertz CT molecular complexity index is 735. The third kappa shape index (κ3) is 2.98. The SMILES string of the molecule is CCCc1cc(N2CCC(N)CC2)nc2sc(C(=O)O)c(N)c12. The van der Waals surface area contributed by atoms with E-state index in [0.717, 1.165) is 71.7 Å². The number of nitrogens with zero attached hydrogens (tertiary/aromatic N) is 2. The predicted octanol–water partition coefficient (Wildman–Crippen LogP) is 2.46. The summed E-state index contributed by atoms with van der Waals surface area (Å²) in [4.78, 5) is 19.2. The number of hydrogen-bond donors (Lipinski definition) is 3. The van der Waals surface area contributed by atoms with E-state index < -0.39 is 5.97 Å². The van der Waals surface area contributed by atoms with Crippen LogP contribution in [0.4, 0.5) is 11.5 Å². The molecular formula is C16H22N4O2S. The molecule has 2 aromatic heterocycles. The van der Waals surface area contributed by atoms with E-state index in [1.807, 2.05) is 0 Å². The highest BCUT2D eigenvalue weighted by molar-refractivity contribution is 7.21. The topological polar surface area (TPSA) is 105 Å². The number of carboxylic acids is 1. The lowest BCUT2D eigenvalue weighted by atomic mass is 10.0. The van der Waals surface area contributed by atoms with Gasteiger partial charge in [0.25, 0.3) is 0 Å². The number of thiophene rings is 1. The van der Waals surface area contributed by atoms with Gasteiger partial charge in [-0.2, -0.15) is 0 Å². The fraction of sp³-hybridized carbons (Fsp3) is 0.500. The zero-order chi connectivity index (χ0) is 16.6. The van der Waals surface area contributed by atoms with Gasteiger partial charge in [0, 0.05) is 24.5 Å². The number of aromatic nitrogens is 1. The van der Waals surface area contributed by atoms with Crippen LogP contribution < -0.4 is 16.4 Å². The van der Waals surface area contributed by atoms with Gasteiger partial charge in [0.05, 0.1) is 5.69 Å². The number of carboxylic acid groups (broad SMARTS) is 1. The van der Waals surface area contributed by atoms with Crippen molar-refractivity contribution in [3.05, 3.63) is 16.5 Å². The molecule has 0 atom stereocenters. The lowest BCUT2D eigenvalue weighted by Crippen LogP contribution is -2.40. The van der Waals surface area contributed by atoms with Crippen LogP contribution in [0, 0.1) is 0 Å². The molecule has 2 aromatic rings. The highest BCUT2D eigenvalue weighted by Crippen LogP contribution is 2.37. The van der Waals surface area contributed by atoms with Crippen molar-refractivity contribution in [2.75, 3.05) is 23.7 Å². The Morgan fingerprint density at radius 2 is 2.17 bits per heavy atom. The van der Waals surface area contributed by atoms with E-state index in [9.17, 15) is 9.90 Å². The second-order valence-corrected chi connectivity index (χ2v) is 7.04. The van der Waals surface area contributed by atoms with Crippen molar-refractivity contribution in [3.8, 4) is 0 Å². The Morgan fingerprint density at radius 3 is 2.78 bits per heavy atom. The summed E-state index contributed by atoms with van der Waals surface area (Å²) in [6.45, 7) is 3.88. The van der Waals surface area contributed by atoms with Crippen LogP contribution in [-0.4, -0.2) is 35.2 Å². The summed E-state index contributed by atoms with van der Waals surface area (Å²) in [7, 11) is 0. The molecule has 3 rings (SSSR count). The zero-order valence-corrected chi connectivity index (χ0v) is 14.0. The van der Waals surface area contributed by atoms with Crippen molar-refractivity contribution in [2.45, 2.75) is 38.6 Å². The molecule has 23 heavy (non-hydrogen) atoms. The van der Waals surface area contributed by atoms with Crippen LogP contribution in [-0.2, 0) is 6.42 Å². The molecular weight excluding hydrogens is 312 g/mol. The Morgan fingerprint density at radius 1 is 1.48 bits per heavy atom. The van der Waals surface area contributed by atoms with Gasteiger partial charge in [0.2, 0.25) is 0 Å². The quantitative estimate of drug-likeness (QED) is 0.793. The zero-order valence-electron chi connectivity index (χ0n) is 13.2. The van der Waals surface area contributed by atoms with E-state index in [0.29, 0.717) is 5.69 Å². The van der Waals surface area contributed by atoms with E-state index >= 15 is 0 Å². The maximum atomic E-state index is 11.4. The van der Waals surface area contributed by atoms with E-state index in [1.165, 1.54) is 0 Å². The Balaban J connectivity index is 2.08. The Labute approximate surface area is 139 Å². The second kappa shape index (κ2) is 6.33. The molecule has 1 aliphatic rings. The van der Waals surface area contributed by atoms with Crippen molar-refractivity contribution < 1.29 is 9.90 Å². The number of aromatic carboxylic acids is 1. The number of piperidine rings is 1. The third-order valence-electron chi connectivity index (χ3n) is 4.34. The predicted molar refractivity (Wildman–Crippen MR) is 94.4 cm³/mol. The number of nitrogens with two attached hydrogens (primary N) is 2. The van der Waals surface area contributed by atoms with Crippen LogP contribution in [0.2, 0.25) is 0 Å². The van der Waals surface area contributed by atoms with Crippen LogP contribution >= 0.6 is 11.3 Å². The fourth-order valence-electron chi connectivity index (χ4n) is 3.10. The summed E-state index contributed by atoms with van der Waals surface area (Å²) in [6.07, 6.45) is 3.74. The molecule has 6 nitrogen and oxygen atoms in total. The molecule has 3 heterocycles. The van der Waals surface area contributed by atoms with Gasteiger partial charge >= 0.3 is 5.97 Å². The number of hydrogen-bond acceptors (Lipinski definition) is 6. The first-order valence-corrected chi connectivity index (χ1v) is 8.78. The van der Waals surface area contributed by atoms with Gasteiger partial charge in [-0.25, -0.2) is 9.78 Å². The van der Waals surface area contributed by atoms with Crippen LogP contribution in [0.25, 0.3) is 10.2 Å². The minimum Gasteiger partial charge on any atom is -0.477 e. The number of fused-ring (bicyclic) bond motifs is 1. The average molecular weight is 334 g/mol. The molecule has 0 spiro atoms. The van der Waals surface area contributed by atoms with Gasteiger partial charge in [-0.3, -0.25) is 0 Å². The third-order valence-corrected chi connectivity index (χ3v) is 5.43. The molecule has 1 aliphatic heterocycles. The standard InChI is InChI=1S/C16H22N4O2S/c1-2-3-9-8-11(20-6-4-10(17)5-7-20)19-15-12(9)13(18)14(23-15)16(21)22/h8,10H,2-7,17-18H2,1H3,(H,21,22). The van der Waals surface area contributed by atoms with E-state index in [4.69, 9.17) is 16.5 Å². The minimum absolute atomic E-state index is 0.183. The van der Waals surface area contributed by atoms with Crippen molar-refractivity contribution in [2.24, 2.45) is 5.73 Å². The van der Waals surface area contributed by atoms with Gasteiger partial charge in [-0.15, -0.1) is 11.3 Å². The molecule has 0 aliphatic carbocycles. The molecule has 0 aromatic carbocycles. The molecule has 0 saturated carbocycles. The largest absolute Gasteiger partial charge is 0.477 e. The van der Waals surface area contributed by atoms with Crippen molar-refractivity contribution in [1.82, 2.24) is 4.98 Å². The number of rotatable bonds is 4. The summed E-state index contributed by atoms with van der Waals surface area (Å²) >= 11 is 1.16. The number of pyridine rings is 1. The summed E-state index contributed by atoms with van der Waals surface area (Å²) < 4.78 is 0. The minimum atomic E-state index is -0.988. The Kier molecular flexibility index (Phi) is 4.41. The number of nitrogen functional groups attached to an aromatic ring is 1. The van der Waals surface area contributed by atoms with Gasteiger partial charge < -0.3 is 21.5 Å². The summed E-state index contributed by atoms with van der Waals surface area (Å²) in [6, 6.07) is 2.33. The first kappa shape index (κ1) is 16.0. The molecule has 0 unspecified atom stereocenters. The maximum absolute atomic E-state index is 11.4. The number of aryl methyl sites for hydroxylation is 1. The highest BCUT2D eigenvalue weighted by Gasteiger charge is 2.22. The lowest BCUT2D eigenvalue weighted by molar-refractivity contribution is 0.0703. The van der Waals surface area contributed by atoms with Gasteiger partial charge in [0.15, 0.2) is 0 Å². The van der Waals surface area contributed by atoms with Crippen molar-refractivity contribution in [1.29, 1.82) is 0 Å². The van der Waals surface area contributed by atoms with Crippen LogP contribution in [0.15, 0.2) is 6.07 Å². The number of carbonyl (C=O) groups is 1. The average Bonchev–Trinajstić information content (AvgIpc) is 2.86. The maximum Gasteiger partial charge on any atom is 0.348 e. The van der Waals surface area contributed by atoms with Crippen molar-refractivity contribution >= 4 is 39.0 Å². The monoisotopic (exact) mass is 334 g/mol. The summed E-state index contributed by atoms with van der Waals surface area (Å²) in [5.41, 5.74) is 13.5. The van der Waals surface area contributed by atoms with Gasteiger partial charge in [-0.1, -0.05) is 13.3 Å². The fourth-order valence-corrected chi connectivity index (χ4v) is 4.08. The van der Waals surface area contributed by atoms with Crippen molar-refractivity contribution in [3.63, 3.8) is 0 Å². The first-order valence-electron chi connectivity index (χ1n) is 7.97. The Hall–Kier alpha value is -1.86. The molecule has 124 valence electrons. The molecule has 1 fully saturated rings. The molecule has 7 heteroatoms. The van der Waals surface area contributed by atoms with Gasteiger partial charge in [0.1, 0.15) is 15.5 Å². The molecule has 0 bridgehead atoms. The van der Waals surface area contributed by atoms with Crippen LogP contribution in [0.1, 0.15) is 41.4 Å². The van der Waals surface area contributed by atoms with Crippen LogP contribution in [0.3, 0.4) is 0 Å². The molecule has 5 N–H and O–H groups in total. The molecule has 0 radical (unpaired) electrons. The second-order valence-electron chi connectivity index (χ2n) is 6.04. The van der Waals surface area contributed by atoms with E-state index in [-0.39, 0.29) is 10.9 Å². The normalized spacial score (nSPS) is 16.2.